The van der Waals surface area contributed by atoms with Gasteiger partial charge in [-0.15, -0.1) is 0 Å². The Morgan fingerprint density at radius 2 is 1.75 bits per heavy atom. The molecule has 0 saturated carbocycles. The van der Waals surface area contributed by atoms with E-state index in [1.165, 1.54) is 7.11 Å². The number of rotatable bonds is 2. The van der Waals surface area contributed by atoms with Gasteiger partial charge in [0.2, 0.25) is 0 Å². The van der Waals surface area contributed by atoms with Gasteiger partial charge in [0, 0.05) is 33.3 Å². The molecule has 0 aliphatic carbocycles. The van der Waals surface area contributed by atoms with E-state index in [4.69, 9.17) is 5.11 Å². The Labute approximate surface area is 72.1 Å². The maximum absolute atomic E-state index is 9.47. The van der Waals surface area contributed by atoms with Crippen LogP contribution in [0.5, 0.6) is 0 Å². The van der Waals surface area contributed by atoms with Crippen LogP contribution < -0.4 is 10.6 Å². The molecule has 1 heterocycles. The summed E-state index contributed by atoms with van der Waals surface area (Å²) in [5.74, 6) is -0.933. The predicted molar refractivity (Wildman–Crippen MR) is 45.3 cm³/mol. The summed E-state index contributed by atoms with van der Waals surface area (Å²) in [6.45, 7) is 4.35. The van der Waals surface area contributed by atoms with Gasteiger partial charge in [-0.1, -0.05) is 0 Å². The summed E-state index contributed by atoms with van der Waals surface area (Å²) in [6, 6.07) is 0. The average Bonchev–Trinajstić information content (AvgIpc) is 2.08. The monoisotopic (exact) mass is 176 g/mol. The summed E-state index contributed by atoms with van der Waals surface area (Å²) in [6.07, 6.45) is 0. The molecule has 1 saturated heterocycles. The van der Waals surface area contributed by atoms with E-state index in [0.29, 0.717) is 0 Å². The van der Waals surface area contributed by atoms with Gasteiger partial charge >= 0.3 is 5.97 Å². The lowest BCUT2D eigenvalue weighted by Crippen LogP contribution is -2.39. The topological polar surface area (TPSA) is 70.6 Å². The molecule has 0 unspecified atom stereocenters. The number of ether oxygens (including phenoxy) is 1. The van der Waals surface area contributed by atoms with Crippen LogP contribution in [0.4, 0.5) is 0 Å². The Bertz CT molecular complexity index is 104. The first-order chi connectivity index (χ1) is 5.77. The van der Waals surface area contributed by atoms with Crippen molar-refractivity contribution in [3.63, 3.8) is 0 Å². The van der Waals surface area contributed by atoms with E-state index in [1.54, 1.807) is 0 Å². The SMILES string of the molecule is C1CNCCN1.COCC(=O)O. The van der Waals surface area contributed by atoms with Crippen molar-refractivity contribution < 1.29 is 14.6 Å². The van der Waals surface area contributed by atoms with Gasteiger partial charge in [-0.05, 0) is 0 Å². The van der Waals surface area contributed by atoms with Crippen LogP contribution in [0.15, 0.2) is 0 Å². The highest BCUT2D eigenvalue weighted by Crippen LogP contribution is 1.65. The van der Waals surface area contributed by atoms with Crippen molar-refractivity contribution in [3.05, 3.63) is 0 Å². The number of carbonyl (C=O) groups is 1. The van der Waals surface area contributed by atoms with Gasteiger partial charge in [-0.3, -0.25) is 0 Å². The van der Waals surface area contributed by atoms with Gasteiger partial charge in [0.15, 0.2) is 0 Å². The maximum atomic E-state index is 9.47. The van der Waals surface area contributed by atoms with Crippen molar-refractivity contribution in [2.24, 2.45) is 0 Å². The van der Waals surface area contributed by atoms with Gasteiger partial charge in [-0.2, -0.15) is 0 Å². The number of hydrogen-bond donors (Lipinski definition) is 3. The fourth-order valence-electron chi connectivity index (χ4n) is 0.727. The molecule has 1 rings (SSSR count). The van der Waals surface area contributed by atoms with Crippen LogP contribution in [0, 0.1) is 0 Å². The first kappa shape index (κ1) is 11.4. The summed E-state index contributed by atoms with van der Waals surface area (Å²) >= 11 is 0. The van der Waals surface area contributed by atoms with Crippen molar-refractivity contribution in [2.45, 2.75) is 0 Å². The summed E-state index contributed by atoms with van der Waals surface area (Å²) in [4.78, 5) is 9.47. The molecule has 0 aromatic rings. The van der Waals surface area contributed by atoms with E-state index >= 15 is 0 Å². The molecular weight excluding hydrogens is 160 g/mol. The Hall–Kier alpha value is -0.650. The zero-order valence-electron chi connectivity index (χ0n) is 7.30. The highest BCUT2D eigenvalue weighted by atomic mass is 16.5. The second-order valence-electron chi connectivity index (χ2n) is 2.33. The first-order valence-electron chi connectivity index (χ1n) is 3.89. The normalized spacial score (nSPS) is 16.1. The van der Waals surface area contributed by atoms with Crippen LogP contribution in [0.3, 0.4) is 0 Å². The second kappa shape index (κ2) is 8.45. The molecule has 1 fully saturated rings. The molecule has 0 radical (unpaired) electrons. The summed E-state index contributed by atoms with van der Waals surface area (Å²) in [5.41, 5.74) is 0. The largest absolute Gasteiger partial charge is 0.480 e. The van der Waals surface area contributed by atoms with Crippen LogP contribution in [-0.2, 0) is 9.53 Å². The molecule has 5 heteroatoms. The van der Waals surface area contributed by atoms with Crippen molar-refractivity contribution in [1.82, 2.24) is 10.6 Å². The molecule has 0 amide bonds. The molecule has 1 aliphatic heterocycles. The minimum Gasteiger partial charge on any atom is -0.480 e. The van der Waals surface area contributed by atoms with Crippen molar-refractivity contribution in [1.29, 1.82) is 0 Å². The molecule has 12 heavy (non-hydrogen) atoms. The van der Waals surface area contributed by atoms with Crippen LogP contribution in [0.1, 0.15) is 0 Å². The highest BCUT2D eigenvalue weighted by molar-refractivity contribution is 5.67. The van der Waals surface area contributed by atoms with E-state index < -0.39 is 5.97 Å². The van der Waals surface area contributed by atoms with E-state index in [1.807, 2.05) is 0 Å². The van der Waals surface area contributed by atoms with Gasteiger partial charge in [0.05, 0.1) is 0 Å². The number of hydrogen-bond acceptors (Lipinski definition) is 4. The molecule has 0 aromatic carbocycles. The zero-order chi connectivity index (χ0) is 9.23. The Balaban J connectivity index is 0.000000202. The van der Waals surface area contributed by atoms with E-state index in [-0.39, 0.29) is 6.61 Å². The number of aliphatic carboxylic acids is 1. The summed E-state index contributed by atoms with van der Waals surface area (Å²) in [7, 11) is 1.34. The molecule has 3 N–H and O–H groups in total. The first-order valence-corrected chi connectivity index (χ1v) is 3.89. The molecule has 72 valence electrons. The summed E-state index contributed by atoms with van der Waals surface area (Å²) < 4.78 is 4.20. The smallest absolute Gasteiger partial charge is 0.329 e. The second-order valence-corrected chi connectivity index (χ2v) is 2.33. The molecule has 5 nitrogen and oxygen atoms in total. The maximum Gasteiger partial charge on any atom is 0.329 e. The van der Waals surface area contributed by atoms with Crippen LogP contribution >= 0.6 is 0 Å². The van der Waals surface area contributed by atoms with Gasteiger partial charge in [-0.25, -0.2) is 4.79 Å². The molecule has 1 aliphatic rings. The highest BCUT2D eigenvalue weighted by Gasteiger charge is 1.91. The quantitative estimate of drug-likeness (QED) is 0.498. The Morgan fingerprint density at radius 3 is 1.83 bits per heavy atom. The fourth-order valence-corrected chi connectivity index (χ4v) is 0.727. The van der Waals surface area contributed by atoms with Crippen molar-refractivity contribution in [2.75, 3.05) is 39.9 Å². The van der Waals surface area contributed by atoms with Gasteiger partial charge in [0.25, 0.3) is 0 Å². The Morgan fingerprint density at radius 1 is 1.33 bits per heavy atom. The summed E-state index contributed by atoms with van der Waals surface area (Å²) in [5, 5.41) is 14.2. The lowest BCUT2D eigenvalue weighted by Gasteiger charge is -2.11. The lowest BCUT2D eigenvalue weighted by atomic mass is 10.4. The number of carboxylic acid groups (broad SMARTS) is 1. The minimum absolute atomic E-state index is 0.208. The van der Waals surface area contributed by atoms with E-state index in [9.17, 15) is 4.79 Å². The average molecular weight is 176 g/mol. The number of nitrogens with one attached hydrogen (secondary N) is 2. The van der Waals surface area contributed by atoms with E-state index in [0.717, 1.165) is 26.2 Å². The van der Waals surface area contributed by atoms with Crippen LogP contribution in [-0.4, -0.2) is 51.0 Å². The van der Waals surface area contributed by atoms with Crippen LogP contribution in [0.2, 0.25) is 0 Å². The molecular formula is C7H16N2O3. The van der Waals surface area contributed by atoms with Gasteiger partial charge < -0.3 is 20.5 Å². The third kappa shape index (κ3) is 9.35. The third-order valence-electron chi connectivity index (χ3n) is 1.22. The lowest BCUT2D eigenvalue weighted by molar-refractivity contribution is -0.141. The minimum atomic E-state index is -0.933. The van der Waals surface area contributed by atoms with Crippen molar-refractivity contribution in [3.8, 4) is 0 Å². The number of methoxy groups -OCH3 is 1. The predicted octanol–water partition coefficient (Wildman–Crippen LogP) is -1.10. The van der Waals surface area contributed by atoms with Crippen molar-refractivity contribution >= 4 is 5.97 Å². The molecule has 0 bridgehead atoms. The molecule has 0 aromatic heterocycles. The van der Waals surface area contributed by atoms with E-state index in [2.05, 4.69) is 15.4 Å². The molecule has 0 atom stereocenters. The number of piperazine rings is 1. The zero-order valence-corrected chi connectivity index (χ0v) is 7.30. The third-order valence-corrected chi connectivity index (χ3v) is 1.22. The standard InChI is InChI=1S/C4H10N2.C3H6O3/c1-2-6-4-3-5-1;1-6-2-3(4)5/h5-6H,1-4H2;2H2,1H3,(H,4,5). The Kier molecular flexibility index (Phi) is 7.99. The number of carboxylic acids is 1. The van der Waals surface area contributed by atoms with Gasteiger partial charge in [0.1, 0.15) is 6.61 Å². The fraction of sp³-hybridized carbons (Fsp3) is 0.857. The van der Waals surface area contributed by atoms with Crippen LogP contribution in [0.25, 0.3) is 0 Å². The molecule has 0 spiro atoms.